The van der Waals surface area contributed by atoms with E-state index >= 15 is 0 Å². The number of nitrogens with one attached hydrogen (secondary N) is 1. The summed E-state index contributed by atoms with van der Waals surface area (Å²) in [6.45, 7) is 1.78. The molecule has 20 heavy (non-hydrogen) atoms. The molecule has 0 bridgehead atoms. The van der Waals surface area contributed by atoms with Crippen LogP contribution in [0.5, 0.6) is 0 Å². The molecule has 1 unspecified atom stereocenters. The van der Waals surface area contributed by atoms with Gasteiger partial charge in [-0.15, -0.1) is 11.6 Å². The Balaban J connectivity index is 2.07. The van der Waals surface area contributed by atoms with Crippen molar-refractivity contribution in [2.24, 2.45) is 5.92 Å². The number of alkyl halides is 1. The molecule has 0 aliphatic rings. The third-order valence-corrected chi connectivity index (χ3v) is 4.52. The molecule has 0 aliphatic carbocycles. The lowest BCUT2D eigenvalue weighted by Gasteiger charge is -2.11. The van der Waals surface area contributed by atoms with Crippen LogP contribution < -0.4 is 4.72 Å². The average Bonchev–Trinajstić information content (AvgIpc) is 2.92. The maximum atomic E-state index is 11.9. The van der Waals surface area contributed by atoms with Crippen LogP contribution in [0, 0.1) is 5.92 Å². The van der Waals surface area contributed by atoms with Crippen LogP contribution in [0.25, 0.3) is 5.82 Å². The predicted molar refractivity (Wildman–Crippen MR) is 76.4 cm³/mol. The van der Waals surface area contributed by atoms with Gasteiger partial charge < -0.3 is 0 Å². The molecule has 9 heteroatoms. The highest BCUT2D eigenvalue weighted by Crippen LogP contribution is 2.12. The summed E-state index contributed by atoms with van der Waals surface area (Å²) in [4.78, 5) is 7.92. The van der Waals surface area contributed by atoms with Gasteiger partial charge in [-0.2, -0.15) is 5.10 Å². The topological polar surface area (TPSA) is 89.8 Å². The van der Waals surface area contributed by atoms with Crippen molar-refractivity contribution in [1.29, 1.82) is 0 Å². The lowest BCUT2D eigenvalue weighted by Crippen LogP contribution is -2.22. The minimum Gasteiger partial charge on any atom is -0.282 e. The fourth-order valence-corrected chi connectivity index (χ4v) is 3.22. The van der Waals surface area contributed by atoms with Crippen molar-refractivity contribution in [3.05, 3.63) is 31.0 Å². The fourth-order valence-electron chi connectivity index (χ4n) is 1.55. The van der Waals surface area contributed by atoms with Crippen molar-refractivity contribution in [2.45, 2.75) is 6.92 Å². The number of hydrogen-bond donors (Lipinski definition) is 1. The highest BCUT2D eigenvalue weighted by atomic mass is 35.5. The first-order valence-corrected chi connectivity index (χ1v) is 8.06. The van der Waals surface area contributed by atoms with Gasteiger partial charge in [-0.05, 0) is 18.1 Å². The Kier molecular flexibility index (Phi) is 4.56. The summed E-state index contributed by atoms with van der Waals surface area (Å²) in [5, 5.41) is 3.93. The molecule has 2 rings (SSSR count). The molecule has 2 aromatic rings. The van der Waals surface area contributed by atoms with Crippen molar-refractivity contribution in [3.8, 4) is 5.82 Å². The largest absolute Gasteiger partial charge is 0.282 e. The lowest BCUT2D eigenvalue weighted by molar-refractivity contribution is 0.588. The zero-order chi connectivity index (χ0) is 14.6. The Morgan fingerprint density at radius 3 is 2.80 bits per heavy atom. The third kappa shape index (κ3) is 3.91. The number of pyridine rings is 1. The van der Waals surface area contributed by atoms with Crippen molar-refractivity contribution < 1.29 is 8.42 Å². The van der Waals surface area contributed by atoms with E-state index in [2.05, 4.69) is 19.8 Å². The van der Waals surface area contributed by atoms with Crippen LogP contribution in [0.3, 0.4) is 0 Å². The molecule has 0 radical (unpaired) electrons. The van der Waals surface area contributed by atoms with Gasteiger partial charge in [0.1, 0.15) is 12.7 Å². The molecular weight excluding hydrogens is 302 g/mol. The molecule has 1 N–H and O–H groups in total. The molecule has 2 heterocycles. The van der Waals surface area contributed by atoms with Crippen molar-refractivity contribution >= 4 is 27.3 Å². The van der Waals surface area contributed by atoms with Crippen LogP contribution >= 0.6 is 11.6 Å². The average molecular weight is 316 g/mol. The zero-order valence-electron chi connectivity index (χ0n) is 10.8. The summed E-state index contributed by atoms with van der Waals surface area (Å²) >= 11 is 5.62. The lowest BCUT2D eigenvalue weighted by atomic mass is 10.3. The van der Waals surface area contributed by atoms with Crippen molar-refractivity contribution in [2.75, 3.05) is 16.4 Å². The summed E-state index contributed by atoms with van der Waals surface area (Å²) < 4.78 is 27.7. The van der Waals surface area contributed by atoms with E-state index < -0.39 is 10.0 Å². The van der Waals surface area contributed by atoms with E-state index in [-0.39, 0.29) is 11.7 Å². The second-order valence-corrected chi connectivity index (χ2v) is 6.46. The Morgan fingerprint density at radius 1 is 1.45 bits per heavy atom. The molecule has 7 nitrogen and oxygen atoms in total. The van der Waals surface area contributed by atoms with E-state index in [1.165, 1.54) is 23.5 Å². The number of rotatable bonds is 6. The summed E-state index contributed by atoms with van der Waals surface area (Å²) in [7, 11) is -3.42. The highest BCUT2D eigenvalue weighted by molar-refractivity contribution is 7.92. The first-order valence-electron chi connectivity index (χ1n) is 5.87. The molecular formula is C11H14ClN5O2S. The first-order chi connectivity index (χ1) is 9.50. The Morgan fingerprint density at radius 2 is 2.25 bits per heavy atom. The number of aromatic nitrogens is 4. The van der Waals surface area contributed by atoms with Gasteiger partial charge in [0.05, 0.1) is 17.6 Å². The van der Waals surface area contributed by atoms with E-state index in [0.29, 0.717) is 17.4 Å². The van der Waals surface area contributed by atoms with Crippen LogP contribution in [0.1, 0.15) is 6.92 Å². The second kappa shape index (κ2) is 6.19. The van der Waals surface area contributed by atoms with Crippen LogP contribution in [0.4, 0.5) is 5.69 Å². The number of nitrogens with zero attached hydrogens (tertiary/aromatic N) is 4. The first kappa shape index (κ1) is 14.7. The Bertz CT molecular complexity index is 642. The van der Waals surface area contributed by atoms with Crippen LogP contribution in [-0.4, -0.2) is 39.8 Å². The van der Waals surface area contributed by atoms with Gasteiger partial charge in [-0.25, -0.2) is 23.1 Å². The fraction of sp³-hybridized carbons (Fsp3) is 0.364. The number of sulfonamides is 1. The molecule has 0 spiro atoms. The molecule has 108 valence electrons. The van der Waals surface area contributed by atoms with Gasteiger partial charge in [0.25, 0.3) is 0 Å². The standard InChI is InChI=1S/C11H14ClN5O2S/c1-9(4-12)6-20(18,19)16-10-2-3-11(14-5-10)17-8-13-7-15-17/h2-3,5,7-9,16H,4,6H2,1H3. The highest BCUT2D eigenvalue weighted by Gasteiger charge is 2.15. The zero-order valence-corrected chi connectivity index (χ0v) is 12.3. The SMILES string of the molecule is CC(CCl)CS(=O)(=O)Nc1ccc(-n2cncn2)nc1. The normalized spacial score (nSPS) is 13.1. The van der Waals surface area contributed by atoms with Crippen LogP contribution in [0.2, 0.25) is 0 Å². The Labute approximate surface area is 122 Å². The molecule has 1 atom stereocenters. The van der Waals surface area contributed by atoms with Crippen molar-refractivity contribution in [1.82, 2.24) is 19.7 Å². The van der Waals surface area contributed by atoms with Crippen molar-refractivity contribution in [3.63, 3.8) is 0 Å². The summed E-state index contributed by atoms with van der Waals surface area (Å²) in [6, 6.07) is 3.27. The molecule has 0 aliphatic heterocycles. The van der Waals surface area contributed by atoms with E-state index in [0.717, 1.165) is 0 Å². The van der Waals surface area contributed by atoms with E-state index in [1.807, 2.05) is 0 Å². The van der Waals surface area contributed by atoms with Crippen LogP contribution in [0.15, 0.2) is 31.0 Å². The summed E-state index contributed by atoms with van der Waals surface area (Å²) in [5.74, 6) is 0.710. The minimum atomic E-state index is -3.42. The second-order valence-electron chi connectivity index (χ2n) is 4.39. The van der Waals surface area contributed by atoms with Crippen LogP contribution in [-0.2, 0) is 10.0 Å². The monoisotopic (exact) mass is 315 g/mol. The molecule has 0 aromatic carbocycles. The molecule has 0 amide bonds. The smallest absolute Gasteiger partial charge is 0.233 e. The number of anilines is 1. The Hall–Kier alpha value is -1.67. The van der Waals surface area contributed by atoms with E-state index in [4.69, 9.17) is 11.6 Å². The maximum Gasteiger partial charge on any atom is 0.233 e. The minimum absolute atomic E-state index is 0.0265. The predicted octanol–water partition coefficient (Wildman–Crippen LogP) is 1.28. The van der Waals surface area contributed by atoms with Gasteiger partial charge in [0.2, 0.25) is 10.0 Å². The molecule has 0 fully saturated rings. The summed E-state index contributed by atoms with van der Waals surface area (Å²) in [6.07, 6.45) is 4.33. The van der Waals surface area contributed by atoms with Gasteiger partial charge in [-0.1, -0.05) is 6.92 Å². The third-order valence-electron chi connectivity index (χ3n) is 2.44. The number of halogens is 1. The van der Waals surface area contributed by atoms with Gasteiger partial charge in [0, 0.05) is 5.88 Å². The number of hydrogen-bond acceptors (Lipinski definition) is 5. The van der Waals surface area contributed by atoms with E-state index in [1.54, 1.807) is 19.1 Å². The van der Waals surface area contributed by atoms with Gasteiger partial charge in [0.15, 0.2) is 5.82 Å². The molecule has 0 saturated carbocycles. The summed E-state index contributed by atoms with van der Waals surface area (Å²) in [5.41, 5.74) is 0.399. The van der Waals surface area contributed by atoms with E-state index in [9.17, 15) is 8.42 Å². The molecule has 2 aromatic heterocycles. The van der Waals surface area contributed by atoms with Gasteiger partial charge in [-0.3, -0.25) is 4.72 Å². The maximum absolute atomic E-state index is 11.9. The molecule has 0 saturated heterocycles. The quantitative estimate of drug-likeness (QED) is 0.811. The van der Waals surface area contributed by atoms with Gasteiger partial charge >= 0.3 is 0 Å².